The molecule has 0 unspecified atom stereocenters. The molecule has 2 atom stereocenters. The summed E-state index contributed by atoms with van der Waals surface area (Å²) in [7, 11) is 0. The second-order valence-corrected chi connectivity index (χ2v) is 9.20. The molecule has 7 heteroatoms. The van der Waals surface area contributed by atoms with Crippen LogP contribution in [0.5, 0.6) is 0 Å². The van der Waals surface area contributed by atoms with E-state index in [1.165, 1.54) is 5.56 Å². The summed E-state index contributed by atoms with van der Waals surface area (Å²) >= 11 is 11.9. The fourth-order valence-electron chi connectivity index (χ4n) is 4.31. The maximum atomic E-state index is 6.09. The monoisotopic (exact) mass is 473 g/mol. The number of nitrogens with zero attached hydrogens (tertiary/aromatic N) is 4. The van der Waals surface area contributed by atoms with Crippen molar-refractivity contribution in [3.05, 3.63) is 107 Å². The zero-order chi connectivity index (χ0) is 22.9. The number of rotatable bonds is 5. The fraction of sp³-hybridized carbons (Fsp3) is 0.192. The van der Waals surface area contributed by atoms with E-state index in [-0.39, 0.29) is 12.1 Å². The predicted molar refractivity (Wildman–Crippen MR) is 137 cm³/mol. The molecule has 0 aliphatic carbocycles. The molecule has 5 rings (SSSR count). The van der Waals surface area contributed by atoms with Gasteiger partial charge in [-0.1, -0.05) is 43.6 Å². The van der Waals surface area contributed by atoms with Gasteiger partial charge >= 0.3 is 0 Å². The van der Waals surface area contributed by atoms with E-state index in [2.05, 4.69) is 68.9 Å². The largest absolute Gasteiger partial charge is 0.351 e. The third-order valence-electron chi connectivity index (χ3n) is 5.98. The Labute approximate surface area is 204 Å². The lowest BCUT2D eigenvalue weighted by atomic mass is 9.99. The zero-order valence-corrected chi connectivity index (χ0v) is 20.0. The highest BCUT2D eigenvalue weighted by molar-refractivity contribution is 7.80. The summed E-state index contributed by atoms with van der Waals surface area (Å²) in [5, 5.41) is 4.80. The third kappa shape index (κ3) is 4.12. The van der Waals surface area contributed by atoms with Crippen molar-refractivity contribution in [3.8, 4) is 5.82 Å². The number of nitrogens with one attached hydrogen (secondary N) is 1. The quantitative estimate of drug-likeness (QED) is 0.348. The highest BCUT2D eigenvalue weighted by Gasteiger charge is 2.42. The average Bonchev–Trinajstić information content (AvgIpc) is 3.44. The minimum Gasteiger partial charge on any atom is -0.351 e. The molecule has 33 heavy (non-hydrogen) atoms. The number of thiocarbonyl (C=S) groups is 1. The van der Waals surface area contributed by atoms with Crippen molar-refractivity contribution in [2.75, 3.05) is 4.90 Å². The topological polar surface area (TPSA) is 46.0 Å². The molecule has 5 nitrogen and oxygen atoms in total. The number of anilines is 1. The first kappa shape index (κ1) is 21.6. The molecule has 1 saturated heterocycles. The molecule has 1 N–H and O–H groups in total. The Kier molecular flexibility index (Phi) is 5.87. The van der Waals surface area contributed by atoms with Crippen molar-refractivity contribution in [3.63, 3.8) is 0 Å². The fourth-order valence-corrected chi connectivity index (χ4v) is 4.77. The van der Waals surface area contributed by atoms with E-state index in [4.69, 9.17) is 23.8 Å². The van der Waals surface area contributed by atoms with Gasteiger partial charge in [0, 0.05) is 30.0 Å². The molecular weight excluding hydrogens is 450 g/mol. The summed E-state index contributed by atoms with van der Waals surface area (Å²) in [5.74, 6) is 1.26. The Morgan fingerprint density at radius 1 is 0.970 bits per heavy atom. The molecule has 0 bridgehead atoms. The Balaban J connectivity index is 1.63. The van der Waals surface area contributed by atoms with Gasteiger partial charge in [-0.05, 0) is 72.2 Å². The van der Waals surface area contributed by atoms with E-state index < -0.39 is 0 Å². The van der Waals surface area contributed by atoms with Gasteiger partial charge < -0.3 is 14.8 Å². The van der Waals surface area contributed by atoms with Crippen molar-refractivity contribution in [1.29, 1.82) is 0 Å². The molecule has 1 aliphatic heterocycles. The lowest BCUT2D eigenvalue weighted by molar-refractivity contribution is 0.548. The number of hydrogen-bond donors (Lipinski definition) is 1. The van der Waals surface area contributed by atoms with E-state index >= 15 is 0 Å². The van der Waals surface area contributed by atoms with Crippen LogP contribution in [0.3, 0.4) is 0 Å². The Hall–Kier alpha value is -3.22. The second kappa shape index (κ2) is 8.96. The molecule has 166 valence electrons. The van der Waals surface area contributed by atoms with Crippen molar-refractivity contribution < 1.29 is 0 Å². The number of hydrogen-bond acceptors (Lipinski definition) is 3. The van der Waals surface area contributed by atoms with Crippen LogP contribution in [-0.2, 0) is 0 Å². The second-order valence-electron chi connectivity index (χ2n) is 8.38. The Morgan fingerprint density at radius 3 is 2.45 bits per heavy atom. The van der Waals surface area contributed by atoms with Crippen LogP contribution in [0, 0.1) is 0 Å². The van der Waals surface area contributed by atoms with Gasteiger partial charge in [-0.15, -0.1) is 0 Å². The van der Waals surface area contributed by atoms with E-state index in [1.54, 1.807) is 6.20 Å². The first-order chi connectivity index (χ1) is 16.0. The van der Waals surface area contributed by atoms with Gasteiger partial charge in [0.1, 0.15) is 11.9 Å². The van der Waals surface area contributed by atoms with Crippen LogP contribution in [0.4, 0.5) is 5.69 Å². The van der Waals surface area contributed by atoms with E-state index in [1.807, 2.05) is 48.8 Å². The van der Waals surface area contributed by atoms with Gasteiger partial charge in [0.2, 0.25) is 0 Å². The molecule has 0 spiro atoms. The molecule has 4 heterocycles. The Bertz CT molecular complexity index is 1250. The van der Waals surface area contributed by atoms with Gasteiger partial charge in [0.25, 0.3) is 0 Å². The number of halogens is 1. The maximum absolute atomic E-state index is 6.09. The van der Waals surface area contributed by atoms with Gasteiger partial charge in [0.15, 0.2) is 5.11 Å². The first-order valence-electron chi connectivity index (χ1n) is 10.9. The van der Waals surface area contributed by atoms with Crippen LogP contribution in [-0.4, -0.2) is 19.6 Å². The summed E-state index contributed by atoms with van der Waals surface area (Å²) < 4.78 is 2.09. The number of pyridine rings is 2. The van der Waals surface area contributed by atoms with Crippen LogP contribution < -0.4 is 10.2 Å². The van der Waals surface area contributed by atoms with Crippen molar-refractivity contribution in [2.45, 2.75) is 31.8 Å². The van der Waals surface area contributed by atoms with Crippen LogP contribution in [0.15, 0.2) is 85.3 Å². The minimum atomic E-state index is -0.121. The Morgan fingerprint density at radius 2 is 1.79 bits per heavy atom. The predicted octanol–water partition coefficient (Wildman–Crippen LogP) is 6.22. The van der Waals surface area contributed by atoms with Crippen LogP contribution in [0.2, 0.25) is 5.02 Å². The van der Waals surface area contributed by atoms with E-state index in [9.17, 15) is 0 Å². The van der Waals surface area contributed by atoms with E-state index in [0.29, 0.717) is 16.1 Å². The van der Waals surface area contributed by atoms with Gasteiger partial charge in [-0.25, -0.2) is 4.98 Å². The molecule has 0 amide bonds. The third-order valence-corrected chi connectivity index (χ3v) is 6.52. The highest BCUT2D eigenvalue weighted by Crippen LogP contribution is 2.42. The molecule has 0 radical (unpaired) electrons. The summed E-state index contributed by atoms with van der Waals surface area (Å²) in [6.45, 7) is 4.39. The molecule has 1 aliphatic rings. The minimum absolute atomic E-state index is 0.121. The maximum Gasteiger partial charge on any atom is 0.174 e. The highest BCUT2D eigenvalue weighted by atomic mass is 35.5. The van der Waals surface area contributed by atoms with Gasteiger partial charge in [-0.2, -0.15) is 0 Å². The van der Waals surface area contributed by atoms with Crippen molar-refractivity contribution >= 4 is 34.6 Å². The molecule has 1 aromatic carbocycles. The van der Waals surface area contributed by atoms with Gasteiger partial charge in [-0.3, -0.25) is 4.98 Å². The summed E-state index contributed by atoms with van der Waals surface area (Å²) in [6, 6.07) is 22.3. The lowest BCUT2D eigenvalue weighted by Gasteiger charge is -2.29. The molecule has 3 aromatic heterocycles. The SMILES string of the molecule is CC(C)c1ccc(N2C(=S)N[C@@H](c3ccccn3)[C@@H]2c2cccn2-c2ccc(Cl)cn2)cc1. The summed E-state index contributed by atoms with van der Waals surface area (Å²) in [4.78, 5) is 11.4. The lowest BCUT2D eigenvalue weighted by Crippen LogP contribution is -2.30. The number of benzene rings is 1. The molecule has 0 saturated carbocycles. The standard InChI is InChI=1S/C26H24ClN5S/c1-17(2)18-8-11-20(12-9-18)32-25(24(30-26(32)33)21-6-3-4-14-28-21)22-7-5-15-31(22)23-13-10-19(27)16-29-23/h3-17,24-25H,1-2H3,(H,30,33)/t24-,25-/m0/s1. The summed E-state index contributed by atoms with van der Waals surface area (Å²) in [5.41, 5.74) is 4.32. The van der Waals surface area contributed by atoms with Crippen LogP contribution in [0.1, 0.15) is 48.8 Å². The van der Waals surface area contributed by atoms with Crippen molar-refractivity contribution in [2.24, 2.45) is 0 Å². The normalized spacial score (nSPS) is 18.1. The molecule has 4 aromatic rings. The number of aromatic nitrogens is 3. The molecular formula is C26H24ClN5S. The van der Waals surface area contributed by atoms with Crippen LogP contribution >= 0.6 is 23.8 Å². The summed E-state index contributed by atoms with van der Waals surface area (Å²) in [6.07, 6.45) is 5.50. The zero-order valence-electron chi connectivity index (χ0n) is 18.4. The van der Waals surface area contributed by atoms with E-state index in [0.717, 1.165) is 22.9 Å². The smallest absolute Gasteiger partial charge is 0.174 e. The van der Waals surface area contributed by atoms with Crippen LogP contribution in [0.25, 0.3) is 5.82 Å². The molecule has 1 fully saturated rings. The van der Waals surface area contributed by atoms with Crippen molar-refractivity contribution in [1.82, 2.24) is 19.9 Å². The average molecular weight is 474 g/mol. The first-order valence-corrected chi connectivity index (χ1v) is 11.7. The van der Waals surface area contributed by atoms with Gasteiger partial charge in [0.05, 0.1) is 16.8 Å².